The van der Waals surface area contributed by atoms with Crippen molar-refractivity contribution >= 4 is 17.6 Å². The minimum Gasteiger partial charge on any atom is -0.352 e. The lowest BCUT2D eigenvalue weighted by atomic mass is 9.65. The Hall–Kier alpha value is -2.04. The predicted octanol–water partition coefficient (Wildman–Crippen LogP) is 3.62. The minimum absolute atomic E-state index is 0.0629. The highest BCUT2D eigenvalue weighted by Gasteiger charge is 2.53. The Bertz CT molecular complexity index is 649. The molecule has 2 N–H and O–H groups in total. The molecule has 0 unspecified atom stereocenters. The van der Waals surface area contributed by atoms with Gasteiger partial charge in [0.15, 0.2) is 5.96 Å². The highest BCUT2D eigenvalue weighted by molar-refractivity contribution is 5.90. The molecule has 1 amide bonds. The fourth-order valence-corrected chi connectivity index (χ4v) is 3.09. The van der Waals surface area contributed by atoms with Gasteiger partial charge in [-0.1, -0.05) is 32.9 Å². The van der Waals surface area contributed by atoms with Crippen molar-refractivity contribution in [1.82, 2.24) is 10.2 Å². The van der Waals surface area contributed by atoms with Crippen LogP contribution in [0.2, 0.25) is 0 Å². The van der Waals surface area contributed by atoms with E-state index in [-0.39, 0.29) is 16.9 Å². The van der Waals surface area contributed by atoms with E-state index >= 15 is 0 Å². The van der Waals surface area contributed by atoms with E-state index in [0.717, 1.165) is 30.2 Å². The van der Waals surface area contributed by atoms with Crippen molar-refractivity contribution in [3.8, 4) is 0 Å². The highest BCUT2D eigenvalue weighted by Crippen LogP contribution is 2.46. The van der Waals surface area contributed by atoms with Crippen molar-refractivity contribution in [2.45, 2.75) is 59.5 Å². The van der Waals surface area contributed by atoms with Crippen LogP contribution in [0, 0.1) is 5.41 Å². The number of hydrogen-bond acceptors (Lipinski definition) is 2. The number of hydrogen-bond donors (Lipinski definition) is 2. The molecule has 0 spiro atoms. The van der Waals surface area contributed by atoms with E-state index in [0.29, 0.717) is 13.0 Å². The van der Waals surface area contributed by atoms with E-state index in [1.165, 1.54) is 0 Å². The zero-order valence-electron chi connectivity index (χ0n) is 16.4. The second-order valence-electron chi connectivity index (χ2n) is 7.93. The van der Waals surface area contributed by atoms with E-state index in [4.69, 9.17) is 0 Å². The van der Waals surface area contributed by atoms with Crippen molar-refractivity contribution in [2.75, 3.05) is 18.9 Å². The summed E-state index contributed by atoms with van der Waals surface area (Å²) in [5.41, 5.74) is 2.31. The lowest BCUT2D eigenvalue weighted by Gasteiger charge is -2.62. The van der Waals surface area contributed by atoms with Crippen LogP contribution in [0.15, 0.2) is 29.3 Å². The number of nitrogens with one attached hydrogen (secondary N) is 2. The smallest absolute Gasteiger partial charge is 0.224 e. The number of anilines is 1. The van der Waals surface area contributed by atoms with E-state index in [1.54, 1.807) is 0 Å². The molecule has 0 atom stereocenters. The van der Waals surface area contributed by atoms with Gasteiger partial charge in [-0.3, -0.25) is 9.79 Å². The number of likely N-dealkylation sites (tertiary alicyclic amines) is 1. The first-order chi connectivity index (χ1) is 11.7. The first kappa shape index (κ1) is 19.3. The number of guanidine groups is 1. The molecule has 25 heavy (non-hydrogen) atoms. The van der Waals surface area contributed by atoms with Crippen LogP contribution in [0.25, 0.3) is 0 Å². The average molecular weight is 345 g/mol. The van der Waals surface area contributed by atoms with Crippen molar-refractivity contribution in [3.63, 3.8) is 0 Å². The highest BCUT2D eigenvalue weighted by atomic mass is 16.1. The predicted molar refractivity (Wildman–Crippen MR) is 105 cm³/mol. The molecular formula is C20H32N4O. The normalized spacial score (nSPS) is 18.5. The van der Waals surface area contributed by atoms with Crippen molar-refractivity contribution in [3.05, 3.63) is 29.8 Å². The number of rotatable bonds is 5. The molecule has 2 rings (SSSR count). The van der Waals surface area contributed by atoms with Crippen molar-refractivity contribution in [2.24, 2.45) is 10.4 Å². The van der Waals surface area contributed by atoms with Gasteiger partial charge in [-0.25, -0.2) is 0 Å². The summed E-state index contributed by atoms with van der Waals surface area (Å²) < 4.78 is 0. The lowest BCUT2D eigenvalue weighted by Crippen LogP contribution is -2.72. The van der Waals surface area contributed by atoms with Gasteiger partial charge in [0.25, 0.3) is 0 Å². The third kappa shape index (κ3) is 4.14. The zero-order valence-corrected chi connectivity index (χ0v) is 16.4. The largest absolute Gasteiger partial charge is 0.352 e. The van der Waals surface area contributed by atoms with E-state index in [9.17, 15) is 4.79 Å². The molecule has 0 bridgehead atoms. The number of nitrogens with zero attached hydrogens (tertiary/aromatic N) is 2. The minimum atomic E-state index is 0.0629. The molecule has 1 aliphatic rings. The Labute approximate surface area is 151 Å². The quantitative estimate of drug-likeness (QED) is 0.633. The summed E-state index contributed by atoms with van der Waals surface area (Å²) >= 11 is 0. The van der Waals surface area contributed by atoms with Crippen LogP contribution in [-0.2, 0) is 11.3 Å². The number of carbonyl (C=O) groups excluding carboxylic acids is 1. The van der Waals surface area contributed by atoms with Gasteiger partial charge in [-0.05, 0) is 38.0 Å². The van der Waals surface area contributed by atoms with Gasteiger partial charge in [0, 0.05) is 43.2 Å². The summed E-state index contributed by atoms with van der Waals surface area (Å²) in [6.07, 6.45) is 1.40. The molecule has 0 radical (unpaired) electrons. The molecular weight excluding hydrogens is 312 g/mol. The standard InChI is InChI=1S/C20H32N4O/c1-7-9-17(25)23-16-11-8-10-15(12-16)13-22-18(21-6)24-14-19(2,3)20(24,4)5/h8,10-12H,7,9,13-14H2,1-6H3,(H,21,22)(H,23,25). The summed E-state index contributed by atoms with van der Waals surface area (Å²) in [6, 6.07) is 7.96. The van der Waals surface area contributed by atoms with Crippen LogP contribution < -0.4 is 10.6 Å². The summed E-state index contributed by atoms with van der Waals surface area (Å²) in [5, 5.41) is 6.40. The SMILES string of the molecule is CCCC(=O)Nc1cccc(CNC(=NC)N2CC(C)(C)C2(C)C)c1. The first-order valence-electron chi connectivity index (χ1n) is 9.08. The van der Waals surface area contributed by atoms with Gasteiger partial charge < -0.3 is 15.5 Å². The molecule has 0 aromatic heterocycles. The van der Waals surface area contributed by atoms with Gasteiger partial charge >= 0.3 is 0 Å². The van der Waals surface area contributed by atoms with E-state index < -0.39 is 0 Å². The third-order valence-corrected chi connectivity index (χ3v) is 5.49. The number of amides is 1. The first-order valence-corrected chi connectivity index (χ1v) is 9.08. The maximum absolute atomic E-state index is 11.8. The Balaban J connectivity index is 1.98. The van der Waals surface area contributed by atoms with Crippen molar-refractivity contribution in [1.29, 1.82) is 0 Å². The van der Waals surface area contributed by atoms with Gasteiger partial charge in [0.2, 0.25) is 5.91 Å². The monoisotopic (exact) mass is 344 g/mol. The summed E-state index contributed by atoms with van der Waals surface area (Å²) in [7, 11) is 1.82. The second-order valence-corrected chi connectivity index (χ2v) is 7.93. The Morgan fingerprint density at radius 1 is 1.28 bits per heavy atom. The molecule has 1 fully saturated rings. The molecule has 138 valence electrons. The summed E-state index contributed by atoms with van der Waals surface area (Å²) in [4.78, 5) is 18.5. The Morgan fingerprint density at radius 2 is 2.00 bits per heavy atom. The topological polar surface area (TPSA) is 56.7 Å². The molecule has 1 heterocycles. The van der Waals surface area contributed by atoms with Crippen LogP contribution in [0.4, 0.5) is 5.69 Å². The van der Waals surface area contributed by atoms with Gasteiger partial charge in [0.05, 0.1) is 0 Å². The molecule has 1 aromatic carbocycles. The molecule has 0 aliphatic carbocycles. The van der Waals surface area contributed by atoms with Crippen LogP contribution in [0.3, 0.4) is 0 Å². The molecule has 1 saturated heterocycles. The number of aliphatic imine (C=N–C) groups is 1. The molecule has 0 saturated carbocycles. The third-order valence-electron chi connectivity index (χ3n) is 5.49. The second kappa shape index (κ2) is 7.46. The van der Waals surface area contributed by atoms with Gasteiger partial charge in [0.1, 0.15) is 0 Å². The maximum Gasteiger partial charge on any atom is 0.224 e. The van der Waals surface area contributed by atoms with Crippen LogP contribution >= 0.6 is 0 Å². The van der Waals surface area contributed by atoms with Crippen LogP contribution in [0.5, 0.6) is 0 Å². The van der Waals surface area contributed by atoms with E-state index in [1.807, 2.05) is 32.2 Å². The van der Waals surface area contributed by atoms with Gasteiger partial charge in [-0.15, -0.1) is 0 Å². The Kier molecular flexibility index (Phi) is 5.76. The fourth-order valence-electron chi connectivity index (χ4n) is 3.09. The number of carbonyl (C=O) groups is 1. The van der Waals surface area contributed by atoms with Crippen LogP contribution in [0.1, 0.15) is 53.0 Å². The number of benzene rings is 1. The van der Waals surface area contributed by atoms with Crippen molar-refractivity contribution < 1.29 is 4.79 Å². The Morgan fingerprint density at radius 3 is 2.56 bits per heavy atom. The molecule has 5 heteroatoms. The molecule has 5 nitrogen and oxygen atoms in total. The molecule has 1 aromatic rings. The summed E-state index contributed by atoms with van der Waals surface area (Å²) in [6.45, 7) is 12.8. The molecule has 1 aliphatic heterocycles. The van der Waals surface area contributed by atoms with Gasteiger partial charge in [-0.2, -0.15) is 0 Å². The van der Waals surface area contributed by atoms with Crippen LogP contribution in [-0.4, -0.2) is 35.9 Å². The average Bonchev–Trinajstić information content (AvgIpc) is 2.55. The zero-order chi connectivity index (χ0) is 18.7. The summed E-state index contributed by atoms with van der Waals surface area (Å²) in [5.74, 6) is 0.984. The van der Waals surface area contributed by atoms with E-state index in [2.05, 4.69) is 54.3 Å². The maximum atomic E-state index is 11.8. The fraction of sp³-hybridized carbons (Fsp3) is 0.600. The lowest BCUT2D eigenvalue weighted by molar-refractivity contribution is -0.116.